The molecule has 1 aliphatic rings. The van der Waals surface area contributed by atoms with E-state index in [-0.39, 0.29) is 0 Å². The third-order valence-electron chi connectivity index (χ3n) is 6.92. The van der Waals surface area contributed by atoms with E-state index >= 15 is 0 Å². The molecule has 0 radical (unpaired) electrons. The van der Waals surface area contributed by atoms with Crippen LogP contribution in [0.4, 0.5) is 0 Å². The van der Waals surface area contributed by atoms with Crippen LogP contribution in [0.1, 0.15) is 18.1 Å². The van der Waals surface area contributed by atoms with Crippen molar-refractivity contribution in [3.63, 3.8) is 0 Å². The van der Waals surface area contributed by atoms with Crippen molar-refractivity contribution < 1.29 is 0 Å². The van der Waals surface area contributed by atoms with Gasteiger partial charge >= 0.3 is 0 Å². The fourth-order valence-electron chi connectivity index (χ4n) is 5.49. The number of rotatable bonds is 1. The van der Waals surface area contributed by atoms with E-state index in [2.05, 4.69) is 96.4 Å². The molecule has 0 spiro atoms. The minimum absolute atomic E-state index is 0.980. The summed E-state index contributed by atoms with van der Waals surface area (Å²) < 4.78 is 2.48. The number of hydrogen-bond acceptors (Lipinski definition) is 0. The van der Waals surface area contributed by atoms with Crippen molar-refractivity contribution in [3.8, 4) is 11.1 Å². The maximum Gasteiger partial charge on any atom is 0.0497 e. The number of hydrogen-bond donors (Lipinski definition) is 0. The summed E-state index contributed by atoms with van der Waals surface area (Å²) >= 11 is 0. The normalized spacial score (nSPS) is 12.8. The average molecular weight is 383 g/mol. The Kier molecular flexibility index (Phi) is 3.10. The smallest absolute Gasteiger partial charge is 0.0497 e. The van der Waals surface area contributed by atoms with Gasteiger partial charge in [-0.15, -0.1) is 0 Å². The maximum absolute atomic E-state index is 2.48. The molecule has 0 unspecified atom stereocenters. The monoisotopic (exact) mass is 383 g/mol. The van der Waals surface area contributed by atoms with E-state index < -0.39 is 0 Å². The Bertz CT molecular complexity index is 1650. The fraction of sp³-hybridized carbons (Fsp3) is 0.103. The Labute approximate surface area is 175 Å². The molecule has 142 valence electrons. The lowest BCUT2D eigenvalue weighted by Gasteiger charge is -2.06. The molecular weight excluding hydrogens is 362 g/mol. The van der Waals surface area contributed by atoms with Crippen molar-refractivity contribution in [1.82, 2.24) is 4.57 Å². The van der Waals surface area contributed by atoms with E-state index in [1.165, 1.54) is 65.6 Å². The van der Waals surface area contributed by atoms with Gasteiger partial charge in [-0.05, 0) is 87.5 Å². The molecule has 1 aliphatic carbocycles. The summed E-state index contributed by atoms with van der Waals surface area (Å²) in [7, 11) is 0. The highest BCUT2D eigenvalue weighted by Gasteiger charge is 2.22. The highest BCUT2D eigenvalue weighted by atomic mass is 15.0. The Balaban J connectivity index is 1.58. The molecule has 1 heterocycles. The van der Waals surface area contributed by atoms with Crippen LogP contribution >= 0.6 is 0 Å². The van der Waals surface area contributed by atoms with Crippen molar-refractivity contribution >= 4 is 43.4 Å². The van der Waals surface area contributed by atoms with Crippen molar-refractivity contribution in [2.75, 3.05) is 0 Å². The van der Waals surface area contributed by atoms with Crippen LogP contribution in [0.3, 0.4) is 0 Å². The second kappa shape index (κ2) is 5.73. The van der Waals surface area contributed by atoms with Crippen LogP contribution < -0.4 is 0 Å². The molecule has 30 heavy (non-hydrogen) atoms. The van der Waals surface area contributed by atoms with Gasteiger partial charge in [0.25, 0.3) is 0 Å². The highest BCUT2D eigenvalue weighted by Crippen LogP contribution is 2.43. The lowest BCUT2D eigenvalue weighted by molar-refractivity contribution is 0.827. The molecule has 0 bridgehead atoms. The molecule has 7 rings (SSSR count). The molecule has 0 atom stereocenters. The molecule has 0 N–H and O–H groups in total. The molecule has 0 saturated heterocycles. The van der Waals surface area contributed by atoms with E-state index in [4.69, 9.17) is 0 Å². The highest BCUT2D eigenvalue weighted by molar-refractivity contribution is 6.14. The molecular formula is C29H21N. The Morgan fingerprint density at radius 2 is 1.13 bits per heavy atom. The third kappa shape index (κ3) is 2.07. The third-order valence-corrected chi connectivity index (χ3v) is 6.92. The SMILES string of the molecule is CCn1c2cc3c(cc2c2cc4ccccc4cc21)-c1cc2ccccc2cc1C3. The number of aryl methyl sites for hydroxylation is 1. The second-order valence-corrected chi connectivity index (χ2v) is 8.52. The molecule has 6 aromatic rings. The average Bonchev–Trinajstić information content (AvgIpc) is 3.28. The molecule has 0 fully saturated rings. The first kappa shape index (κ1) is 16.2. The second-order valence-electron chi connectivity index (χ2n) is 8.52. The van der Waals surface area contributed by atoms with Gasteiger partial charge in [0, 0.05) is 28.4 Å². The number of aromatic nitrogens is 1. The molecule has 1 nitrogen and oxygen atoms in total. The van der Waals surface area contributed by atoms with Crippen LogP contribution in [0.2, 0.25) is 0 Å². The van der Waals surface area contributed by atoms with Gasteiger partial charge in [-0.1, -0.05) is 54.6 Å². The molecule has 1 aromatic heterocycles. The van der Waals surface area contributed by atoms with Gasteiger partial charge < -0.3 is 4.57 Å². The summed E-state index contributed by atoms with van der Waals surface area (Å²) in [4.78, 5) is 0. The van der Waals surface area contributed by atoms with E-state index in [0.29, 0.717) is 0 Å². The Morgan fingerprint density at radius 3 is 1.87 bits per heavy atom. The topological polar surface area (TPSA) is 4.93 Å². The molecule has 0 aliphatic heterocycles. The van der Waals surface area contributed by atoms with Crippen LogP contribution in [0.15, 0.2) is 84.9 Å². The summed E-state index contributed by atoms with van der Waals surface area (Å²) in [6.07, 6.45) is 1.03. The van der Waals surface area contributed by atoms with Crippen LogP contribution in [-0.4, -0.2) is 4.57 Å². The summed E-state index contributed by atoms with van der Waals surface area (Å²) in [6.45, 7) is 3.23. The van der Waals surface area contributed by atoms with Crippen LogP contribution in [0.5, 0.6) is 0 Å². The molecule has 1 heteroatoms. The van der Waals surface area contributed by atoms with E-state index in [9.17, 15) is 0 Å². The van der Waals surface area contributed by atoms with E-state index in [1.54, 1.807) is 0 Å². The van der Waals surface area contributed by atoms with Crippen molar-refractivity contribution in [2.24, 2.45) is 0 Å². The first-order valence-corrected chi connectivity index (χ1v) is 10.8. The molecule has 0 saturated carbocycles. The minimum Gasteiger partial charge on any atom is -0.341 e. The predicted octanol–water partition coefficient (Wildman–Crippen LogP) is 7.69. The maximum atomic E-state index is 2.48. The quantitative estimate of drug-likeness (QED) is 0.274. The Morgan fingerprint density at radius 1 is 0.600 bits per heavy atom. The zero-order chi connectivity index (χ0) is 19.8. The standard InChI is InChI=1S/C29H21N/c1-2-30-28-15-21-10-6-5-9-20(21)14-26(28)27-17-25-23(16-29(27)30)12-22-11-18-7-3-4-8-19(18)13-24(22)25/h3-11,13-17H,2,12H2,1H3. The molecule has 0 amide bonds. The number of benzene rings is 5. The lowest BCUT2D eigenvalue weighted by atomic mass is 9.99. The van der Waals surface area contributed by atoms with Crippen LogP contribution in [0.25, 0.3) is 54.5 Å². The van der Waals surface area contributed by atoms with Gasteiger partial charge in [-0.3, -0.25) is 0 Å². The van der Waals surface area contributed by atoms with Gasteiger partial charge in [0.15, 0.2) is 0 Å². The van der Waals surface area contributed by atoms with Gasteiger partial charge in [0.1, 0.15) is 0 Å². The van der Waals surface area contributed by atoms with Gasteiger partial charge in [-0.25, -0.2) is 0 Å². The lowest BCUT2D eigenvalue weighted by Crippen LogP contribution is -1.93. The summed E-state index contributed by atoms with van der Waals surface area (Å²) in [5.74, 6) is 0. The summed E-state index contributed by atoms with van der Waals surface area (Å²) in [5.41, 5.74) is 8.42. The fourth-order valence-corrected chi connectivity index (χ4v) is 5.49. The van der Waals surface area contributed by atoms with Gasteiger partial charge in [0.2, 0.25) is 0 Å². The minimum atomic E-state index is 0.980. The predicted molar refractivity (Wildman–Crippen MR) is 128 cm³/mol. The van der Waals surface area contributed by atoms with Gasteiger partial charge in [-0.2, -0.15) is 0 Å². The largest absolute Gasteiger partial charge is 0.341 e. The zero-order valence-corrected chi connectivity index (χ0v) is 16.9. The van der Waals surface area contributed by atoms with Crippen LogP contribution in [-0.2, 0) is 13.0 Å². The summed E-state index contributed by atoms with van der Waals surface area (Å²) in [5, 5.41) is 8.02. The van der Waals surface area contributed by atoms with Crippen molar-refractivity contribution in [2.45, 2.75) is 19.9 Å². The summed E-state index contributed by atoms with van der Waals surface area (Å²) in [6, 6.07) is 31.8. The Hall–Kier alpha value is -3.58. The van der Waals surface area contributed by atoms with E-state index in [1.807, 2.05) is 0 Å². The molecule has 5 aromatic carbocycles. The van der Waals surface area contributed by atoms with Crippen molar-refractivity contribution in [3.05, 3.63) is 96.1 Å². The van der Waals surface area contributed by atoms with Gasteiger partial charge in [0.05, 0.1) is 0 Å². The van der Waals surface area contributed by atoms with Crippen LogP contribution in [0, 0.1) is 0 Å². The number of fused-ring (bicyclic) bond motifs is 8. The number of nitrogens with zero attached hydrogens (tertiary/aromatic N) is 1. The zero-order valence-electron chi connectivity index (χ0n) is 16.9. The van der Waals surface area contributed by atoms with Crippen molar-refractivity contribution in [1.29, 1.82) is 0 Å². The first-order chi connectivity index (χ1) is 14.8. The first-order valence-electron chi connectivity index (χ1n) is 10.8. The van der Waals surface area contributed by atoms with E-state index in [0.717, 1.165) is 13.0 Å².